The van der Waals surface area contributed by atoms with E-state index in [1.807, 2.05) is 0 Å². The van der Waals surface area contributed by atoms with Crippen molar-refractivity contribution in [3.05, 3.63) is 24.3 Å². The third kappa shape index (κ3) is 8.45. The highest BCUT2D eigenvalue weighted by molar-refractivity contribution is 4.93. The standard InChI is InChI=1S/C26H46/c1-3-5-7-13-23-19-21-24(22-20-23)14-9-10-16-26-18-12-11-17-25(26)15-8-6-4-2/h3,5,8,15,23-26H,4,6-7,9-14,16-22H2,1-2H3. The van der Waals surface area contributed by atoms with Crippen LogP contribution < -0.4 is 0 Å². The fourth-order valence-corrected chi connectivity index (χ4v) is 5.43. The number of rotatable bonds is 11. The van der Waals surface area contributed by atoms with E-state index in [2.05, 4.69) is 38.2 Å². The van der Waals surface area contributed by atoms with Gasteiger partial charge < -0.3 is 0 Å². The summed E-state index contributed by atoms with van der Waals surface area (Å²) >= 11 is 0. The molecule has 2 atom stereocenters. The number of hydrogen-bond donors (Lipinski definition) is 0. The lowest BCUT2D eigenvalue weighted by molar-refractivity contribution is 0.237. The van der Waals surface area contributed by atoms with Crippen molar-refractivity contribution in [1.82, 2.24) is 0 Å². The Balaban J connectivity index is 1.56. The molecule has 0 aromatic heterocycles. The summed E-state index contributed by atoms with van der Waals surface area (Å²) in [6.45, 7) is 4.44. The molecule has 0 aromatic rings. The van der Waals surface area contributed by atoms with Crippen LogP contribution in [-0.2, 0) is 0 Å². The van der Waals surface area contributed by atoms with E-state index < -0.39 is 0 Å². The molecule has 0 aromatic carbocycles. The van der Waals surface area contributed by atoms with Gasteiger partial charge in [-0.15, -0.1) is 0 Å². The van der Waals surface area contributed by atoms with E-state index in [1.165, 1.54) is 103 Å². The van der Waals surface area contributed by atoms with Gasteiger partial charge in [-0.1, -0.05) is 95.4 Å². The predicted octanol–water partition coefficient (Wildman–Crippen LogP) is 8.87. The molecule has 0 heterocycles. The van der Waals surface area contributed by atoms with E-state index >= 15 is 0 Å². The third-order valence-electron chi connectivity index (χ3n) is 7.19. The minimum Gasteiger partial charge on any atom is -0.0917 e. The van der Waals surface area contributed by atoms with Crippen molar-refractivity contribution in [1.29, 1.82) is 0 Å². The lowest BCUT2D eigenvalue weighted by Gasteiger charge is -2.30. The molecular formula is C26H46. The van der Waals surface area contributed by atoms with Crippen LogP contribution in [0.4, 0.5) is 0 Å². The molecule has 0 N–H and O–H groups in total. The Morgan fingerprint density at radius 1 is 0.731 bits per heavy atom. The number of unbranched alkanes of at least 4 members (excludes halogenated alkanes) is 2. The molecule has 0 radical (unpaired) electrons. The second-order valence-electron chi connectivity index (χ2n) is 9.24. The van der Waals surface area contributed by atoms with Crippen LogP contribution in [0.25, 0.3) is 0 Å². The molecule has 26 heavy (non-hydrogen) atoms. The van der Waals surface area contributed by atoms with E-state index in [1.54, 1.807) is 0 Å². The van der Waals surface area contributed by atoms with Crippen LogP contribution in [0.2, 0.25) is 0 Å². The maximum atomic E-state index is 2.59. The smallest absolute Gasteiger partial charge is 0.0205 e. The SMILES string of the molecule is CC=CCCC1CCC(CCCCC2CCCCC2C=CCCC)CC1. The van der Waals surface area contributed by atoms with Crippen LogP contribution in [-0.4, -0.2) is 0 Å². The zero-order chi connectivity index (χ0) is 18.5. The van der Waals surface area contributed by atoms with E-state index in [4.69, 9.17) is 0 Å². The third-order valence-corrected chi connectivity index (χ3v) is 7.19. The van der Waals surface area contributed by atoms with Crippen LogP contribution in [0.15, 0.2) is 24.3 Å². The molecular weight excluding hydrogens is 312 g/mol. The van der Waals surface area contributed by atoms with E-state index in [0.29, 0.717) is 0 Å². The second-order valence-corrected chi connectivity index (χ2v) is 9.24. The number of hydrogen-bond acceptors (Lipinski definition) is 0. The second kappa shape index (κ2) is 13.6. The highest BCUT2D eigenvalue weighted by Crippen LogP contribution is 2.37. The maximum absolute atomic E-state index is 2.59. The zero-order valence-electron chi connectivity index (χ0n) is 17.9. The first-order chi connectivity index (χ1) is 12.8. The highest BCUT2D eigenvalue weighted by atomic mass is 14.3. The van der Waals surface area contributed by atoms with Gasteiger partial charge in [-0.25, -0.2) is 0 Å². The highest BCUT2D eigenvalue weighted by Gasteiger charge is 2.23. The quantitative estimate of drug-likeness (QED) is 0.255. The Labute approximate surface area is 164 Å². The Bertz CT molecular complexity index is 383. The van der Waals surface area contributed by atoms with Gasteiger partial charge in [0.15, 0.2) is 0 Å². The first kappa shape index (κ1) is 21.8. The lowest BCUT2D eigenvalue weighted by Crippen LogP contribution is -2.18. The van der Waals surface area contributed by atoms with Crippen LogP contribution >= 0.6 is 0 Å². The van der Waals surface area contributed by atoms with Crippen LogP contribution in [0, 0.1) is 23.7 Å². The number of allylic oxidation sites excluding steroid dienone is 4. The van der Waals surface area contributed by atoms with Gasteiger partial charge in [-0.3, -0.25) is 0 Å². The van der Waals surface area contributed by atoms with Gasteiger partial charge in [0.25, 0.3) is 0 Å². The molecule has 0 heteroatoms. The minimum absolute atomic E-state index is 0.905. The lowest BCUT2D eigenvalue weighted by atomic mass is 9.75. The van der Waals surface area contributed by atoms with Gasteiger partial charge in [-0.2, -0.15) is 0 Å². The molecule has 2 aliphatic rings. The van der Waals surface area contributed by atoms with Gasteiger partial charge >= 0.3 is 0 Å². The fourth-order valence-electron chi connectivity index (χ4n) is 5.43. The molecule has 0 amide bonds. The molecule has 0 bridgehead atoms. The van der Waals surface area contributed by atoms with Gasteiger partial charge in [0, 0.05) is 0 Å². The van der Waals surface area contributed by atoms with Crippen molar-refractivity contribution < 1.29 is 0 Å². The van der Waals surface area contributed by atoms with E-state index in [-0.39, 0.29) is 0 Å². The molecule has 2 aliphatic carbocycles. The van der Waals surface area contributed by atoms with Crippen molar-refractivity contribution in [2.24, 2.45) is 23.7 Å². The Morgan fingerprint density at radius 2 is 1.42 bits per heavy atom. The van der Waals surface area contributed by atoms with Gasteiger partial charge in [0.1, 0.15) is 0 Å². The summed E-state index contributed by atoms with van der Waals surface area (Å²) in [6.07, 6.45) is 32.9. The Morgan fingerprint density at radius 3 is 2.15 bits per heavy atom. The molecule has 150 valence electrons. The van der Waals surface area contributed by atoms with Crippen molar-refractivity contribution in [2.45, 2.75) is 117 Å². The largest absolute Gasteiger partial charge is 0.0917 e. The monoisotopic (exact) mass is 358 g/mol. The molecule has 2 fully saturated rings. The zero-order valence-corrected chi connectivity index (χ0v) is 17.9. The minimum atomic E-state index is 0.905. The summed E-state index contributed by atoms with van der Waals surface area (Å²) in [6, 6.07) is 0. The van der Waals surface area contributed by atoms with Gasteiger partial charge in [0.2, 0.25) is 0 Å². The Hall–Kier alpha value is -0.520. The van der Waals surface area contributed by atoms with Crippen molar-refractivity contribution in [3.8, 4) is 0 Å². The van der Waals surface area contributed by atoms with Gasteiger partial charge in [-0.05, 0) is 69.1 Å². The normalized spacial score (nSPS) is 30.4. The maximum Gasteiger partial charge on any atom is -0.0205 e. The summed E-state index contributed by atoms with van der Waals surface area (Å²) in [4.78, 5) is 0. The van der Waals surface area contributed by atoms with Crippen molar-refractivity contribution in [2.75, 3.05) is 0 Å². The van der Waals surface area contributed by atoms with E-state index in [0.717, 1.165) is 23.7 Å². The topological polar surface area (TPSA) is 0 Å². The molecule has 0 nitrogen and oxygen atoms in total. The molecule has 0 aliphatic heterocycles. The first-order valence-electron chi connectivity index (χ1n) is 12.1. The van der Waals surface area contributed by atoms with Crippen LogP contribution in [0.3, 0.4) is 0 Å². The Kier molecular flexibility index (Phi) is 11.4. The molecule has 2 unspecified atom stereocenters. The summed E-state index contributed by atoms with van der Waals surface area (Å²) in [5.74, 6) is 3.99. The van der Waals surface area contributed by atoms with Crippen molar-refractivity contribution in [3.63, 3.8) is 0 Å². The molecule has 2 rings (SSSR count). The summed E-state index contributed by atoms with van der Waals surface area (Å²) in [7, 11) is 0. The summed E-state index contributed by atoms with van der Waals surface area (Å²) in [5.41, 5.74) is 0. The average Bonchev–Trinajstić information content (AvgIpc) is 2.68. The van der Waals surface area contributed by atoms with E-state index in [9.17, 15) is 0 Å². The summed E-state index contributed by atoms with van der Waals surface area (Å²) < 4.78 is 0. The first-order valence-corrected chi connectivity index (χ1v) is 12.1. The average molecular weight is 359 g/mol. The van der Waals surface area contributed by atoms with Crippen molar-refractivity contribution >= 4 is 0 Å². The fraction of sp³-hybridized carbons (Fsp3) is 0.846. The summed E-state index contributed by atoms with van der Waals surface area (Å²) in [5, 5.41) is 0. The molecule has 0 spiro atoms. The predicted molar refractivity (Wildman–Crippen MR) is 117 cm³/mol. The van der Waals surface area contributed by atoms with Crippen LogP contribution in [0.5, 0.6) is 0 Å². The van der Waals surface area contributed by atoms with Gasteiger partial charge in [0.05, 0.1) is 0 Å². The van der Waals surface area contributed by atoms with Crippen LogP contribution in [0.1, 0.15) is 117 Å². The molecule has 0 saturated heterocycles. The molecule has 2 saturated carbocycles.